The van der Waals surface area contributed by atoms with Gasteiger partial charge >= 0.3 is 0 Å². The van der Waals surface area contributed by atoms with Gasteiger partial charge in [0.25, 0.3) is 0 Å². The van der Waals surface area contributed by atoms with Crippen molar-refractivity contribution in [2.24, 2.45) is 0 Å². The van der Waals surface area contributed by atoms with Crippen molar-refractivity contribution in [3.63, 3.8) is 0 Å². The average molecular weight is 297 g/mol. The highest BCUT2D eigenvalue weighted by Crippen LogP contribution is 2.46. The minimum Gasteiger partial charge on any atom is -0.305 e. The predicted octanol–water partition coefficient (Wildman–Crippen LogP) is 3.61. The molecule has 2 aliphatic carbocycles. The van der Waals surface area contributed by atoms with E-state index in [4.69, 9.17) is 0 Å². The van der Waals surface area contributed by atoms with Crippen LogP contribution in [-0.4, -0.2) is 59.1 Å². The predicted molar refractivity (Wildman–Crippen MR) is 89.5 cm³/mol. The Morgan fingerprint density at radius 2 is 1.45 bits per heavy atom. The van der Waals surface area contributed by atoms with E-state index in [0.717, 1.165) is 22.6 Å². The summed E-state index contributed by atoms with van der Waals surface area (Å²) in [4.78, 5) is 5.37. The second-order valence-corrected chi connectivity index (χ2v) is 8.91. The molecule has 0 aromatic carbocycles. The molecule has 0 bridgehead atoms. The van der Waals surface area contributed by atoms with Gasteiger partial charge in [0, 0.05) is 35.2 Å². The van der Waals surface area contributed by atoms with Gasteiger partial charge in [-0.2, -0.15) is 11.8 Å². The third-order valence-electron chi connectivity index (χ3n) is 5.89. The highest BCUT2D eigenvalue weighted by Gasteiger charge is 2.44. The van der Waals surface area contributed by atoms with E-state index in [9.17, 15) is 0 Å². The van der Waals surface area contributed by atoms with Crippen LogP contribution in [0.3, 0.4) is 0 Å². The van der Waals surface area contributed by atoms with E-state index in [2.05, 4.69) is 42.6 Å². The zero-order chi connectivity index (χ0) is 14.1. The van der Waals surface area contributed by atoms with E-state index in [0.29, 0.717) is 6.04 Å². The molecule has 5 unspecified atom stereocenters. The fourth-order valence-corrected chi connectivity index (χ4v) is 6.44. The maximum Gasteiger partial charge on any atom is 0.0218 e. The van der Waals surface area contributed by atoms with Gasteiger partial charge in [-0.25, -0.2) is 0 Å². The van der Waals surface area contributed by atoms with Crippen LogP contribution in [0.4, 0.5) is 0 Å². The molecule has 0 amide bonds. The van der Waals surface area contributed by atoms with Gasteiger partial charge in [0.2, 0.25) is 0 Å². The van der Waals surface area contributed by atoms with E-state index in [1.54, 1.807) is 0 Å². The normalized spacial score (nSPS) is 40.2. The lowest BCUT2D eigenvalue weighted by molar-refractivity contribution is 0.0553. The van der Waals surface area contributed by atoms with Crippen molar-refractivity contribution in [3.8, 4) is 0 Å². The highest BCUT2D eigenvalue weighted by atomic mass is 32.2. The Bertz CT molecular complexity index is 298. The Labute approximate surface area is 129 Å². The molecule has 20 heavy (non-hydrogen) atoms. The summed E-state index contributed by atoms with van der Waals surface area (Å²) in [5.41, 5.74) is 0. The van der Waals surface area contributed by atoms with Gasteiger partial charge in [0.15, 0.2) is 0 Å². The van der Waals surface area contributed by atoms with Crippen molar-refractivity contribution in [1.29, 1.82) is 0 Å². The second kappa shape index (κ2) is 6.58. The summed E-state index contributed by atoms with van der Waals surface area (Å²) in [6, 6.07) is 2.45. The lowest BCUT2D eigenvalue weighted by Crippen LogP contribution is -2.60. The minimum atomic E-state index is 0.684. The van der Waals surface area contributed by atoms with E-state index >= 15 is 0 Å². The lowest BCUT2D eigenvalue weighted by Gasteiger charge is -2.54. The number of thioether (sulfide) groups is 1. The maximum atomic E-state index is 2.97. The SMILES string of the molecule is CC(CN1C2CCCCC2SC2CCCCC21)N(C)C. The Morgan fingerprint density at radius 3 is 1.95 bits per heavy atom. The van der Waals surface area contributed by atoms with Gasteiger partial charge in [-0.15, -0.1) is 0 Å². The number of rotatable bonds is 3. The van der Waals surface area contributed by atoms with Crippen molar-refractivity contribution in [3.05, 3.63) is 0 Å². The molecule has 3 aliphatic rings. The van der Waals surface area contributed by atoms with Gasteiger partial charge in [-0.3, -0.25) is 4.90 Å². The largest absolute Gasteiger partial charge is 0.305 e. The zero-order valence-corrected chi connectivity index (χ0v) is 14.4. The molecule has 0 spiro atoms. The molecule has 1 heterocycles. The molecule has 0 radical (unpaired) electrons. The first kappa shape index (κ1) is 15.2. The van der Waals surface area contributed by atoms with Crippen LogP contribution in [0.2, 0.25) is 0 Å². The topological polar surface area (TPSA) is 6.48 Å². The number of hydrogen-bond donors (Lipinski definition) is 0. The summed E-state index contributed by atoms with van der Waals surface area (Å²) < 4.78 is 0. The third-order valence-corrected chi connectivity index (χ3v) is 7.69. The average Bonchev–Trinajstić information content (AvgIpc) is 2.46. The monoisotopic (exact) mass is 296 g/mol. The quantitative estimate of drug-likeness (QED) is 0.785. The maximum absolute atomic E-state index is 2.97. The molecular formula is C17H32N2S. The first-order valence-electron chi connectivity index (χ1n) is 8.74. The van der Waals surface area contributed by atoms with Crippen LogP contribution >= 0.6 is 11.8 Å². The number of nitrogens with zero attached hydrogens (tertiary/aromatic N) is 2. The van der Waals surface area contributed by atoms with Gasteiger partial charge in [-0.05, 0) is 46.7 Å². The standard InChI is InChI=1S/C17H32N2S/c1-13(18(2)3)12-19-14-8-4-6-10-16(14)20-17-11-7-5-9-15(17)19/h13-17H,4-12H2,1-3H3. The molecule has 0 aromatic rings. The van der Waals surface area contributed by atoms with E-state index in [1.165, 1.54) is 57.9 Å². The highest BCUT2D eigenvalue weighted by molar-refractivity contribution is 8.00. The van der Waals surface area contributed by atoms with Gasteiger partial charge < -0.3 is 4.90 Å². The first-order valence-corrected chi connectivity index (χ1v) is 9.68. The summed E-state index contributed by atoms with van der Waals surface area (Å²) in [6.07, 6.45) is 11.8. The van der Waals surface area contributed by atoms with Gasteiger partial charge in [0.1, 0.15) is 0 Å². The molecule has 2 nitrogen and oxygen atoms in total. The molecular weight excluding hydrogens is 264 g/mol. The van der Waals surface area contributed by atoms with E-state index in [-0.39, 0.29) is 0 Å². The number of likely N-dealkylation sites (N-methyl/N-ethyl adjacent to an activating group) is 1. The lowest BCUT2D eigenvalue weighted by atomic mass is 9.87. The third kappa shape index (κ3) is 3.05. The molecule has 116 valence electrons. The molecule has 5 atom stereocenters. The molecule has 1 aliphatic heterocycles. The van der Waals surface area contributed by atoms with Crippen molar-refractivity contribution in [1.82, 2.24) is 9.80 Å². The van der Waals surface area contributed by atoms with Crippen LogP contribution in [0, 0.1) is 0 Å². The summed E-state index contributed by atoms with van der Waals surface area (Å²) >= 11 is 2.38. The first-order chi connectivity index (χ1) is 9.66. The zero-order valence-electron chi connectivity index (χ0n) is 13.6. The molecule has 3 rings (SSSR count). The van der Waals surface area contributed by atoms with Crippen molar-refractivity contribution < 1.29 is 0 Å². The molecule has 3 fully saturated rings. The fraction of sp³-hybridized carbons (Fsp3) is 1.00. The molecule has 2 saturated carbocycles. The van der Waals surface area contributed by atoms with Crippen LogP contribution in [0.25, 0.3) is 0 Å². The Kier molecular flexibility index (Phi) is 4.99. The Hall–Kier alpha value is 0.270. The molecule has 0 N–H and O–H groups in total. The van der Waals surface area contributed by atoms with Crippen LogP contribution in [-0.2, 0) is 0 Å². The molecule has 1 saturated heterocycles. The fourth-order valence-electron chi connectivity index (χ4n) is 4.44. The van der Waals surface area contributed by atoms with Crippen molar-refractivity contribution in [2.45, 2.75) is 86.9 Å². The Morgan fingerprint density at radius 1 is 0.950 bits per heavy atom. The summed E-state index contributed by atoms with van der Waals surface area (Å²) in [5.74, 6) is 0. The smallest absolute Gasteiger partial charge is 0.0218 e. The van der Waals surface area contributed by atoms with Crippen LogP contribution in [0.5, 0.6) is 0 Å². The second-order valence-electron chi connectivity index (χ2n) is 7.43. The number of hydrogen-bond acceptors (Lipinski definition) is 3. The van der Waals surface area contributed by atoms with Crippen LogP contribution in [0.15, 0.2) is 0 Å². The number of fused-ring (bicyclic) bond motifs is 2. The van der Waals surface area contributed by atoms with Crippen molar-refractivity contribution in [2.75, 3.05) is 20.6 Å². The van der Waals surface area contributed by atoms with Crippen molar-refractivity contribution >= 4 is 11.8 Å². The van der Waals surface area contributed by atoms with E-state index < -0.39 is 0 Å². The summed E-state index contributed by atoms with van der Waals surface area (Å²) in [7, 11) is 4.47. The van der Waals surface area contributed by atoms with Gasteiger partial charge in [0.05, 0.1) is 0 Å². The van der Waals surface area contributed by atoms with Crippen LogP contribution < -0.4 is 0 Å². The molecule has 3 heteroatoms. The summed E-state index contributed by atoms with van der Waals surface area (Å²) in [5, 5.41) is 1.88. The van der Waals surface area contributed by atoms with E-state index in [1.807, 2.05) is 0 Å². The molecule has 0 aromatic heterocycles. The van der Waals surface area contributed by atoms with Gasteiger partial charge in [-0.1, -0.05) is 25.7 Å². The minimum absolute atomic E-state index is 0.684. The Balaban J connectivity index is 1.76. The van der Waals surface area contributed by atoms with Crippen LogP contribution in [0.1, 0.15) is 58.3 Å². The summed E-state index contributed by atoms with van der Waals surface area (Å²) in [6.45, 7) is 3.69.